The summed E-state index contributed by atoms with van der Waals surface area (Å²) in [5, 5.41) is 8.81. The largest absolute Gasteiger partial charge is 0.344 e. The van der Waals surface area contributed by atoms with Crippen LogP contribution >= 0.6 is 27.5 Å². The summed E-state index contributed by atoms with van der Waals surface area (Å²) in [6.07, 6.45) is 0. The van der Waals surface area contributed by atoms with Gasteiger partial charge in [0.15, 0.2) is 0 Å². The van der Waals surface area contributed by atoms with E-state index in [-0.39, 0.29) is 0 Å². The smallest absolute Gasteiger partial charge is 0.0991 e. The Balaban J connectivity index is 2.38. The third-order valence-electron chi connectivity index (χ3n) is 2.93. The molecule has 2 rings (SSSR count). The zero-order valence-corrected chi connectivity index (χ0v) is 12.7. The van der Waals surface area contributed by atoms with Crippen LogP contribution in [0.25, 0.3) is 0 Å². The molecular formula is C15H12BrClN2. The number of benzene rings is 2. The first kappa shape index (κ1) is 13.9. The van der Waals surface area contributed by atoms with E-state index < -0.39 is 0 Å². The lowest BCUT2D eigenvalue weighted by Crippen LogP contribution is -2.11. The van der Waals surface area contributed by atoms with Gasteiger partial charge >= 0.3 is 0 Å². The Morgan fingerprint density at radius 3 is 2.47 bits per heavy atom. The van der Waals surface area contributed by atoms with E-state index in [4.69, 9.17) is 16.9 Å². The van der Waals surface area contributed by atoms with Gasteiger partial charge in [-0.3, -0.25) is 0 Å². The third kappa shape index (κ3) is 3.09. The molecule has 0 saturated carbocycles. The first-order valence-electron chi connectivity index (χ1n) is 5.74. The standard InChI is InChI=1S/C15H12BrClN2/c1-19(14-5-2-11(10-18)3-6-14)15-7-4-13(16)8-12(15)9-17/h2-8H,9H2,1H3. The molecule has 2 aromatic rings. The second-order valence-corrected chi connectivity index (χ2v) is 5.31. The minimum atomic E-state index is 0.454. The average Bonchev–Trinajstić information content (AvgIpc) is 2.46. The summed E-state index contributed by atoms with van der Waals surface area (Å²) in [6.45, 7) is 0. The topological polar surface area (TPSA) is 27.0 Å². The van der Waals surface area contributed by atoms with Crippen LogP contribution < -0.4 is 4.90 Å². The Hall–Kier alpha value is -1.50. The molecule has 0 aliphatic carbocycles. The van der Waals surface area contributed by atoms with Crippen molar-refractivity contribution in [3.05, 3.63) is 58.1 Å². The van der Waals surface area contributed by atoms with Gasteiger partial charge in [0.2, 0.25) is 0 Å². The molecule has 2 nitrogen and oxygen atoms in total. The molecule has 4 heteroatoms. The highest BCUT2D eigenvalue weighted by Crippen LogP contribution is 2.30. The quantitative estimate of drug-likeness (QED) is 0.751. The Labute approximate surface area is 126 Å². The maximum absolute atomic E-state index is 8.81. The van der Waals surface area contributed by atoms with E-state index in [1.54, 1.807) is 0 Å². The molecule has 0 amide bonds. The molecule has 0 saturated heterocycles. The van der Waals surface area contributed by atoms with Gasteiger partial charge < -0.3 is 4.90 Å². The minimum Gasteiger partial charge on any atom is -0.344 e. The lowest BCUT2D eigenvalue weighted by molar-refractivity contribution is 1.17. The summed E-state index contributed by atoms with van der Waals surface area (Å²) >= 11 is 9.44. The van der Waals surface area contributed by atoms with E-state index in [0.29, 0.717) is 11.4 Å². The van der Waals surface area contributed by atoms with Crippen molar-refractivity contribution in [2.75, 3.05) is 11.9 Å². The molecular weight excluding hydrogens is 324 g/mol. The zero-order valence-electron chi connectivity index (χ0n) is 10.4. The Morgan fingerprint density at radius 1 is 1.21 bits per heavy atom. The first-order chi connectivity index (χ1) is 9.15. The van der Waals surface area contributed by atoms with Crippen LogP contribution in [0.1, 0.15) is 11.1 Å². The van der Waals surface area contributed by atoms with Crippen molar-refractivity contribution in [2.45, 2.75) is 5.88 Å². The highest BCUT2D eigenvalue weighted by atomic mass is 79.9. The Bertz CT molecular complexity index is 617. The van der Waals surface area contributed by atoms with Crippen LogP contribution in [0, 0.1) is 11.3 Å². The Morgan fingerprint density at radius 2 is 1.89 bits per heavy atom. The van der Waals surface area contributed by atoms with Crippen molar-refractivity contribution in [2.24, 2.45) is 0 Å². The van der Waals surface area contributed by atoms with Crippen LogP contribution in [-0.2, 0) is 5.88 Å². The van der Waals surface area contributed by atoms with Gasteiger partial charge in [0.05, 0.1) is 11.6 Å². The second-order valence-electron chi connectivity index (χ2n) is 4.12. The number of alkyl halides is 1. The van der Waals surface area contributed by atoms with Crippen molar-refractivity contribution in [1.29, 1.82) is 5.26 Å². The molecule has 2 aromatic carbocycles. The number of halogens is 2. The lowest BCUT2D eigenvalue weighted by atomic mass is 10.1. The fourth-order valence-electron chi connectivity index (χ4n) is 1.89. The van der Waals surface area contributed by atoms with E-state index in [0.717, 1.165) is 21.4 Å². The number of nitriles is 1. The molecule has 96 valence electrons. The Kier molecular flexibility index (Phi) is 4.47. The molecule has 0 aromatic heterocycles. The molecule has 0 aliphatic heterocycles. The van der Waals surface area contributed by atoms with Crippen LogP contribution in [-0.4, -0.2) is 7.05 Å². The SMILES string of the molecule is CN(c1ccc(C#N)cc1)c1ccc(Br)cc1CCl. The van der Waals surface area contributed by atoms with Gasteiger partial charge in [-0.05, 0) is 48.0 Å². The number of hydrogen-bond donors (Lipinski definition) is 0. The summed E-state index contributed by atoms with van der Waals surface area (Å²) in [5.74, 6) is 0.454. The summed E-state index contributed by atoms with van der Waals surface area (Å²) in [7, 11) is 1.99. The summed E-state index contributed by atoms with van der Waals surface area (Å²) in [6, 6.07) is 15.6. The van der Waals surface area contributed by atoms with E-state index >= 15 is 0 Å². The predicted octanol–water partition coefficient (Wildman–Crippen LogP) is 4.83. The molecule has 0 radical (unpaired) electrons. The maximum atomic E-state index is 8.81. The molecule has 0 bridgehead atoms. The van der Waals surface area contributed by atoms with Crippen molar-refractivity contribution >= 4 is 38.9 Å². The van der Waals surface area contributed by atoms with E-state index in [2.05, 4.69) is 26.9 Å². The van der Waals surface area contributed by atoms with E-state index in [1.165, 1.54) is 0 Å². The molecule has 0 fully saturated rings. The zero-order chi connectivity index (χ0) is 13.8. The normalized spacial score (nSPS) is 10.0. The number of hydrogen-bond acceptors (Lipinski definition) is 2. The maximum Gasteiger partial charge on any atom is 0.0991 e. The van der Waals surface area contributed by atoms with E-state index in [1.807, 2.05) is 49.5 Å². The fraction of sp³-hybridized carbons (Fsp3) is 0.133. The van der Waals surface area contributed by atoms with Gasteiger partial charge in [0.1, 0.15) is 0 Å². The van der Waals surface area contributed by atoms with Crippen LogP contribution in [0.4, 0.5) is 11.4 Å². The van der Waals surface area contributed by atoms with Gasteiger partial charge in [-0.25, -0.2) is 0 Å². The number of nitrogens with zero attached hydrogens (tertiary/aromatic N) is 2. The number of anilines is 2. The molecule has 0 heterocycles. The molecule has 0 spiro atoms. The lowest BCUT2D eigenvalue weighted by Gasteiger charge is -2.22. The van der Waals surface area contributed by atoms with Gasteiger partial charge in [-0.1, -0.05) is 15.9 Å². The van der Waals surface area contributed by atoms with Crippen LogP contribution in [0.5, 0.6) is 0 Å². The van der Waals surface area contributed by atoms with Gasteiger partial charge in [-0.2, -0.15) is 5.26 Å². The molecule has 0 N–H and O–H groups in total. The van der Waals surface area contributed by atoms with Crippen molar-refractivity contribution in [3.8, 4) is 6.07 Å². The fourth-order valence-corrected chi connectivity index (χ4v) is 2.51. The minimum absolute atomic E-state index is 0.454. The number of rotatable bonds is 3. The van der Waals surface area contributed by atoms with Crippen LogP contribution in [0.3, 0.4) is 0 Å². The van der Waals surface area contributed by atoms with Gasteiger partial charge in [0, 0.05) is 28.8 Å². The second kappa shape index (κ2) is 6.10. The summed E-state index contributed by atoms with van der Waals surface area (Å²) in [5.41, 5.74) is 3.80. The van der Waals surface area contributed by atoms with Gasteiger partial charge in [-0.15, -0.1) is 11.6 Å². The third-order valence-corrected chi connectivity index (χ3v) is 3.71. The highest BCUT2D eigenvalue weighted by Gasteiger charge is 2.09. The molecule has 0 unspecified atom stereocenters. The van der Waals surface area contributed by atoms with Crippen LogP contribution in [0.15, 0.2) is 46.9 Å². The molecule has 0 aliphatic rings. The highest BCUT2D eigenvalue weighted by molar-refractivity contribution is 9.10. The van der Waals surface area contributed by atoms with Gasteiger partial charge in [0.25, 0.3) is 0 Å². The molecule has 0 atom stereocenters. The van der Waals surface area contributed by atoms with Crippen LogP contribution in [0.2, 0.25) is 0 Å². The first-order valence-corrected chi connectivity index (χ1v) is 7.06. The molecule has 19 heavy (non-hydrogen) atoms. The van der Waals surface area contributed by atoms with Crippen molar-refractivity contribution < 1.29 is 0 Å². The summed E-state index contributed by atoms with van der Waals surface area (Å²) < 4.78 is 1.01. The monoisotopic (exact) mass is 334 g/mol. The summed E-state index contributed by atoms with van der Waals surface area (Å²) in [4.78, 5) is 2.06. The van der Waals surface area contributed by atoms with Crippen molar-refractivity contribution in [3.63, 3.8) is 0 Å². The average molecular weight is 336 g/mol. The van der Waals surface area contributed by atoms with E-state index in [9.17, 15) is 0 Å². The van der Waals surface area contributed by atoms with Crippen molar-refractivity contribution in [1.82, 2.24) is 0 Å². The predicted molar refractivity (Wildman–Crippen MR) is 82.9 cm³/mol.